The van der Waals surface area contributed by atoms with Gasteiger partial charge in [-0.25, -0.2) is 0 Å². The van der Waals surface area contributed by atoms with Crippen LogP contribution in [-0.4, -0.2) is 10.1 Å². The van der Waals surface area contributed by atoms with Crippen LogP contribution in [0.4, 0.5) is 5.69 Å². The molecule has 0 aliphatic carbocycles. The molecule has 0 aliphatic rings. The number of hydrogen-bond acceptors (Lipinski definition) is 5. The molecule has 0 spiro atoms. The topological polar surface area (TPSA) is 64.9 Å². The maximum atomic E-state index is 6.10. The molecule has 0 saturated heterocycles. The van der Waals surface area contributed by atoms with Crippen LogP contribution in [0.1, 0.15) is 11.1 Å². The van der Waals surface area contributed by atoms with Crippen LogP contribution in [-0.2, 0) is 0 Å². The molecule has 4 nitrogen and oxygen atoms in total. The number of nitrogens with zero attached hydrogens (tertiary/aromatic N) is 2. The van der Waals surface area contributed by atoms with E-state index in [9.17, 15) is 0 Å². The number of benzene rings is 1. The summed E-state index contributed by atoms with van der Waals surface area (Å²) in [6, 6.07) is 5.96. The summed E-state index contributed by atoms with van der Waals surface area (Å²) in [5.74, 6) is 1.03. The molecule has 6 heteroatoms. The van der Waals surface area contributed by atoms with Crippen molar-refractivity contribution in [2.45, 2.75) is 13.8 Å². The molecule has 20 heavy (non-hydrogen) atoms. The van der Waals surface area contributed by atoms with Gasteiger partial charge < -0.3 is 10.3 Å². The number of aryl methyl sites for hydroxylation is 2. The normalized spacial score (nSPS) is 10.9. The van der Waals surface area contributed by atoms with Crippen molar-refractivity contribution in [3.63, 3.8) is 0 Å². The Labute approximate surface area is 128 Å². The van der Waals surface area contributed by atoms with Gasteiger partial charge in [-0.05, 0) is 53.0 Å². The van der Waals surface area contributed by atoms with Crippen LogP contribution >= 0.6 is 27.3 Å². The van der Waals surface area contributed by atoms with E-state index < -0.39 is 0 Å². The number of nitrogen functional groups attached to an aromatic ring is 1. The Kier molecular flexibility index (Phi) is 3.35. The van der Waals surface area contributed by atoms with Gasteiger partial charge in [-0.15, -0.1) is 11.3 Å². The zero-order valence-electron chi connectivity index (χ0n) is 11.0. The van der Waals surface area contributed by atoms with Crippen LogP contribution in [0.25, 0.3) is 22.2 Å². The molecule has 0 saturated carbocycles. The standard InChI is InChI=1S/C14H12BrN3OS/c1-7-3-8(2)12(16)10(4-7)14-17-13(18-19-14)11-5-9(15)6-20-11/h3-6H,16H2,1-2H3. The van der Waals surface area contributed by atoms with E-state index in [1.807, 2.05) is 37.4 Å². The van der Waals surface area contributed by atoms with Gasteiger partial charge in [0.15, 0.2) is 0 Å². The smallest absolute Gasteiger partial charge is 0.260 e. The average molecular weight is 350 g/mol. The van der Waals surface area contributed by atoms with E-state index in [1.54, 1.807) is 11.3 Å². The van der Waals surface area contributed by atoms with Crippen LogP contribution in [0.15, 0.2) is 32.6 Å². The van der Waals surface area contributed by atoms with E-state index in [-0.39, 0.29) is 0 Å². The SMILES string of the molecule is Cc1cc(C)c(N)c(-c2nc(-c3cc(Br)cs3)no2)c1. The predicted octanol–water partition coefficient (Wildman–Crippen LogP) is 4.43. The van der Waals surface area contributed by atoms with Gasteiger partial charge in [0.05, 0.1) is 10.4 Å². The number of nitrogens with two attached hydrogens (primary N) is 1. The Morgan fingerprint density at radius 1 is 1.25 bits per heavy atom. The highest BCUT2D eigenvalue weighted by Crippen LogP contribution is 2.32. The van der Waals surface area contributed by atoms with E-state index in [2.05, 4.69) is 26.1 Å². The van der Waals surface area contributed by atoms with Gasteiger partial charge in [0.2, 0.25) is 5.82 Å². The average Bonchev–Trinajstić information content (AvgIpc) is 3.02. The van der Waals surface area contributed by atoms with Crippen molar-refractivity contribution < 1.29 is 4.52 Å². The number of hydrogen-bond donors (Lipinski definition) is 1. The molecule has 0 amide bonds. The van der Waals surface area contributed by atoms with Gasteiger partial charge in [-0.1, -0.05) is 11.2 Å². The zero-order valence-corrected chi connectivity index (χ0v) is 13.4. The van der Waals surface area contributed by atoms with E-state index in [0.717, 1.165) is 26.0 Å². The monoisotopic (exact) mass is 349 g/mol. The number of thiophene rings is 1. The van der Waals surface area contributed by atoms with Crippen molar-refractivity contribution in [2.75, 3.05) is 5.73 Å². The maximum Gasteiger partial charge on any atom is 0.260 e. The second kappa shape index (κ2) is 5.03. The molecule has 0 unspecified atom stereocenters. The molecule has 2 N–H and O–H groups in total. The summed E-state index contributed by atoms with van der Waals surface area (Å²) in [7, 11) is 0. The quantitative estimate of drug-likeness (QED) is 0.695. The number of halogens is 1. The maximum absolute atomic E-state index is 6.10. The van der Waals surface area contributed by atoms with E-state index in [1.165, 1.54) is 0 Å². The lowest BCUT2D eigenvalue weighted by Crippen LogP contribution is -1.95. The molecular formula is C14H12BrN3OS. The summed E-state index contributed by atoms with van der Waals surface area (Å²) in [6.45, 7) is 3.99. The Morgan fingerprint density at radius 3 is 2.75 bits per heavy atom. The Morgan fingerprint density at radius 2 is 2.05 bits per heavy atom. The summed E-state index contributed by atoms with van der Waals surface area (Å²) in [5, 5.41) is 6.01. The van der Waals surface area contributed by atoms with Crippen LogP contribution < -0.4 is 5.73 Å². The molecule has 2 aromatic heterocycles. The van der Waals surface area contributed by atoms with Crippen molar-refractivity contribution in [3.8, 4) is 22.2 Å². The summed E-state index contributed by atoms with van der Waals surface area (Å²) < 4.78 is 6.36. The summed E-state index contributed by atoms with van der Waals surface area (Å²) in [6.07, 6.45) is 0. The van der Waals surface area contributed by atoms with Gasteiger partial charge in [-0.2, -0.15) is 4.98 Å². The third-order valence-electron chi connectivity index (χ3n) is 2.98. The lowest BCUT2D eigenvalue weighted by Gasteiger charge is -2.06. The minimum Gasteiger partial charge on any atom is -0.398 e. The van der Waals surface area contributed by atoms with E-state index in [0.29, 0.717) is 17.4 Å². The fourth-order valence-electron chi connectivity index (χ4n) is 2.02. The Hall–Kier alpha value is -1.66. The van der Waals surface area contributed by atoms with Crippen LogP contribution in [0.3, 0.4) is 0 Å². The van der Waals surface area contributed by atoms with E-state index >= 15 is 0 Å². The summed E-state index contributed by atoms with van der Waals surface area (Å²) in [4.78, 5) is 5.39. The lowest BCUT2D eigenvalue weighted by molar-refractivity contribution is 0.432. The van der Waals surface area contributed by atoms with Crippen molar-refractivity contribution in [2.24, 2.45) is 0 Å². The molecule has 0 bridgehead atoms. The minimum atomic E-state index is 0.453. The largest absolute Gasteiger partial charge is 0.398 e. The van der Waals surface area contributed by atoms with Crippen molar-refractivity contribution in [1.29, 1.82) is 0 Å². The molecular weight excluding hydrogens is 338 g/mol. The zero-order chi connectivity index (χ0) is 14.3. The molecule has 102 valence electrons. The predicted molar refractivity (Wildman–Crippen MR) is 84.6 cm³/mol. The third kappa shape index (κ3) is 2.36. The first kappa shape index (κ1) is 13.3. The van der Waals surface area contributed by atoms with Crippen LogP contribution in [0.5, 0.6) is 0 Å². The van der Waals surface area contributed by atoms with E-state index in [4.69, 9.17) is 10.3 Å². The van der Waals surface area contributed by atoms with Gasteiger partial charge in [0.25, 0.3) is 5.89 Å². The molecule has 0 radical (unpaired) electrons. The van der Waals surface area contributed by atoms with Crippen molar-refractivity contribution in [3.05, 3.63) is 39.2 Å². The first-order valence-corrected chi connectivity index (χ1v) is 7.67. The molecule has 0 aliphatic heterocycles. The van der Waals surface area contributed by atoms with Crippen molar-refractivity contribution >= 4 is 33.0 Å². The summed E-state index contributed by atoms with van der Waals surface area (Å²) >= 11 is 4.97. The molecule has 3 aromatic rings. The molecule has 0 atom stereocenters. The Bertz CT molecular complexity index is 779. The van der Waals surface area contributed by atoms with Gasteiger partial charge in [-0.3, -0.25) is 0 Å². The van der Waals surface area contributed by atoms with Crippen LogP contribution in [0, 0.1) is 13.8 Å². The molecule has 3 rings (SSSR count). The highest BCUT2D eigenvalue weighted by atomic mass is 79.9. The van der Waals surface area contributed by atoms with Crippen LogP contribution in [0.2, 0.25) is 0 Å². The highest BCUT2D eigenvalue weighted by Gasteiger charge is 2.15. The first-order valence-electron chi connectivity index (χ1n) is 6.00. The second-order valence-corrected chi connectivity index (χ2v) is 6.42. The fourth-order valence-corrected chi connectivity index (χ4v) is 3.37. The first-order chi connectivity index (χ1) is 9.54. The number of aromatic nitrogens is 2. The fraction of sp³-hybridized carbons (Fsp3) is 0.143. The Balaban J connectivity index is 2.06. The van der Waals surface area contributed by atoms with Gasteiger partial charge >= 0.3 is 0 Å². The molecule has 1 aromatic carbocycles. The van der Waals surface area contributed by atoms with Gasteiger partial charge in [0.1, 0.15) is 0 Å². The van der Waals surface area contributed by atoms with Gasteiger partial charge in [0, 0.05) is 15.5 Å². The molecule has 2 heterocycles. The van der Waals surface area contributed by atoms with Crippen molar-refractivity contribution in [1.82, 2.24) is 10.1 Å². The third-order valence-corrected chi connectivity index (χ3v) is 4.66. The lowest BCUT2D eigenvalue weighted by atomic mass is 10.0. The minimum absolute atomic E-state index is 0.453. The molecule has 0 fully saturated rings. The highest BCUT2D eigenvalue weighted by molar-refractivity contribution is 9.10. The second-order valence-electron chi connectivity index (χ2n) is 4.60. The number of anilines is 1. The summed E-state index contributed by atoms with van der Waals surface area (Å²) in [5.41, 5.74) is 9.70. The number of rotatable bonds is 2.